The van der Waals surface area contributed by atoms with E-state index in [2.05, 4.69) is 26.0 Å². The quantitative estimate of drug-likeness (QED) is 0.624. The molecule has 4 aliphatic rings. The maximum absolute atomic E-state index is 11.8. The third-order valence-electron chi connectivity index (χ3n) is 7.92. The zero-order chi connectivity index (χ0) is 14.3. The van der Waals surface area contributed by atoms with E-state index in [9.17, 15) is 9.90 Å². The molecular weight excluding hydrogens is 248 g/mol. The van der Waals surface area contributed by atoms with Crippen LogP contribution in [0, 0.1) is 46.3 Å². The van der Waals surface area contributed by atoms with Gasteiger partial charge in [-0.05, 0) is 67.1 Å². The molecule has 2 heteroatoms. The van der Waals surface area contributed by atoms with E-state index in [4.69, 9.17) is 0 Å². The number of carbonyl (C=O) groups is 1. The van der Waals surface area contributed by atoms with Gasteiger partial charge in [-0.3, -0.25) is 4.79 Å². The SMILES string of the molecule is CCC(C)C12C3C=CC(C3)C1C1CC2CC1(C)C(=O)O. The van der Waals surface area contributed by atoms with Crippen molar-refractivity contribution in [1.82, 2.24) is 0 Å². The fourth-order valence-electron chi connectivity index (χ4n) is 7.14. The van der Waals surface area contributed by atoms with Gasteiger partial charge in [-0.15, -0.1) is 0 Å². The Morgan fingerprint density at radius 2 is 2.15 bits per heavy atom. The van der Waals surface area contributed by atoms with Gasteiger partial charge in [0.1, 0.15) is 0 Å². The fraction of sp³-hybridized carbons (Fsp3) is 0.833. The molecule has 0 spiro atoms. The summed E-state index contributed by atoms with van der Waals surface area (Å²) in [5, 5.41) is 9.75. The monoisotopic (exact) mass is 274 g/mol. The van der Waals surface area contributed by atoms with E-state index in [-0.39, 0.29) is 0 Å². The largest absolute Gasteiger partial charge is 0.481 e. The molecule has 0 aromatic heterocycles. The molecule has 0 amide bonds. The van der Waals surface area contributed by atoms with Gasteiger partial charge in [-0.2, -0.15) is 0 Å². The van der Waals surface area contributed by atoms with Crippen LogP contribution in [0.4, 0.5) is 0 Å². The first kappa shape index (κ1) is 12.9. The van der Waals surface area contributed by atoms with E-state index in [1.54, 1.807) is 0 Å². The van der Waals surface area contributed by atoms with Gasteiger partial charge in [0.05, 0.1) is 5.41 Å². The van der Waals surface area contributed by atoms with Gasteiger partial charge >= 0.3 is 5.97 Å². The second-order valence-electron chi connectivity index (χ2n) is 8.19. The Morgan fingerprint density at radius 1 is 1.40 bits per heavy atom. The van der Waals surface area contributed by atoms with Crippen LogP contribution in [-0.2, 0) is 4.79 Å². The molecule has 110 valence electrons. The number of hydrogen-bond acceptors (Lipinski definition) is 1. The van der Waals surface area contributed by atoms with Gasteiger partial charge in [0.25, 0.3) is 0 Å². The van der Waals surface area contributed by atoms with Gasteiger partial charge in [0.15, 0.2) is 0 Å². The lowest BCUT2D eigenvalue weighted by Gasteiger charge is -2.53. The highest BCUT2D eigenvalue weighted by molar-refractivity contribution is 5.75. The van der Waals surface area contributed by atoms with Crippen molar-refractivity contribution >= 4 is 5.97 Å². The third kappa shape index (κ3) is 1.13. The van der Waals surface area contributed by atoms with E-state index in [0.717, 1.165) is 18.3 Å². The summed E-state index contributed by atoms with van der Waals surface area (Å²) in [6.07, 6.45) is 9.53. The minimum Gasteiger partial charge on any atom is -0.481 e. The summed E-state index contributed by atoms with van der Waals surface area (Å²) in [4.78, 5) is 11.8. The number of fused-ring (bicyclic) bond motifs is 9. The average molecular weight is 274 g/mol. The summed E-state index contributed by atoms with van der Waals surface area (Å²) < 4.78 is 0. The Kier molecular flexibility index (Phi) is 2.39. The van der Waals surface area contributed by atoms with Gasteiger partial charge < -0.3 is 5.11 Å². The van der Waals surface area contributed by atoms with Gasteiger partial charge in [-0.25, -0.2) is 0 Å². The summed E-state index contributed by atoms with van der Waals surface area (Å²) in [7, 11) is 0. The molecular formula is C18H26O2. The van der Waals surface area contributed by atoms with Crippen molar-refractivity contribution in [3.05, 3.63) is 12.2 Å². The maximum Gasteiger partial charge on any atom is 0.309 e. The predicted octanol–water partition coefficient (Wildman–Crippen LogP) is 3.97. The third-order valence-corrected chi connectivity index (χ3v) is 7.92. The molecule has 8 unspecified atom stereocenters. The standard InChI is InChI=1S/C18H26O2/c1-4-10(2)18-12-6-5-11(7-12)15(18)14-8-13(18)9-17(14,3)16(19)20/h5-6,10-15H,4,7-9H2,1-3H3,(H,19,20). The molecule has 4 aliphatic carbocycles. The highest BCUT2D eigenvalue weighted by Gasteiger charge is 2.74. The number of aliphatic carboxylic acids is 1. The fourth-order valence-corrected chi connectivity index (χ4v) is 7.14. The van der Waals surface area contributed by atoms with Crippen LogP contribution in [0.15, 0.2) is 12.2 Å². The zero-order valence-corrected chi connectivity index (χ0v) is 12.8. The van der Waals surface area contributed by atoms with E-state index >= 15 is 0 Å². The Morgan fingerprint density at radius 3 is 2.80 bits per heavy atom. The molecule has 0 aliphatic heterocycles. The second-order valence-corrected chi connectivity index (χ2v) is 8.19. The topological polar surface area (TPSA) is 37.3 Å². The van der Waals surface area contributed by atoms with Crippen LogP contribution in [0.25, 0.3) is 0 Å². The first-order chi connectivity index (χ1) is 9.46. The molecule has 0 radical (unpaired) electrons. The van der Waals surface area contributed by atoms with Crippen molar-refractivity contribution in [3.8, 4) is 0 Å². The minimum absolute atomic E-state index is 0.416. The summed E-state index contributed by atoms with van der Waals surface area (Å²) in [5.74, 6) is 3.30. The molecule has 4 bridgehead atoms. The first-order valence-corrected chi connectivity index (χ1v) is 8.38. The molecule has 0 heterocycles. The molecule has 2 nitrogen and oxygen atoms in total. The predicted molar refractivity (Wildman–Crippen MR) is 78.1 cm³/mol. The lowest BCUT2D eigenvalue weighted by Crippen LogP contribution is -2.51. The molecule has 0 aromatic rings. The molecule has 0 saturated heterocycles. The van der Waals surface area contributed by atoms with Crippen molar-refractivity contribution in [2.75, 3.05) is 0 Å². The van der Waals surface area contributed by atoms with Crippen molar-refractivity contribution in [2.24, 2.45) is 46.3 Å². The van der Waals surface area contributed by atoms with Crippen LogP contribution in [0.3, 0.4) is 0 Å². The number of hydrogen-bond donors (Lipinski definition) is 1. The van der Waals surface area contributed by atoms with Gasteiger partial charge in [0.2, 0.25) is 0 Å². The number of carboxylic acids is 1. The smallest absolute Gasteiger partial charge is 0.309 e. The minimum atomic E-state index is -0.547. The average Bonchev–Trinajstić information content (AvgIpc) is 3.13. The molecule has 3 saturated carbocycles. The Hall–Kier alpha value is -0.790. The van der Waals surface area contributed by atoms with Crippen LogP contribution in [0.2, 0.25) is 0 Å². The molecule has 4 rings (SSSR count). The van der Waals surface area contributed by atoms with Crippen LogP contribution in [0.5, 0.6) is 0 Å². The number of rotatable bonds is 3. The lowest BCUT2D eigenvalue weighted by molar-refractivity contribution is -0.157. The Balaban J connectivity index is 1.82. The molecule has 1 N–H and O–H groups in total. The van der Waals surface area contributed by atoms with Crippen molar-refractivity contribution in [1.29, 1.82) is 0 Å². The van der Waals surface area contributed by atoms with E-state index in [0.29, 0.717) is 29.1 Å². The highest BCUT2D eigenvalue weighted by atomic mass is 16.4. The van der Waals surface area contributed by atoms with E-state index in [1.165, 1.54) is 19.3 Å². The highest BCUT2D eigenvalue weighted by Crippen LogP contribution is 2.78. The van der Waals surface area contributed by atoms with E-state index in [1.807, 2.05) is 6.92 Å². The van der Waals surface area contributed by atoms with Crippen LogP contribution in [-0.4, -0.2) is 11.1 Å². The number of allylic oxidation sites excluding steroid dienone is 2. The van der Waals surface area contributed by atoms with Crippen LogP contribution in [0.1, 0.15) is 46.5 Å². The summed E-state index contributed by atoms with van der Waals surface area (Å²) >= 11 is 0. The second kappa shape index (κ2) is 3.69. The number of carboxylic acid groups (broad SMARTS) is 1. The molecule has 20 heavy (non-hydrogen) atoms. The first-order valence-electron chi connectivity index (χ1n) is 8.38. The molecule has 3 fully saturated rings. The van der Waals surface area contributed by atoms with Crippen LogP contribution >= 0.6 is 0 Å². The molecule has 8 atom stereocenters. The van der Waals surface area contributed by atoms with Gasteiger partial charge in [0, 0.05) is 0 Å². The zero-order valence-electron chi connectivity index (χ0n) is 12.8. The Bertz CT molecular complexity index is 496. The van der Waals surface area contributed by atoms with Crippen LogP contribution < -0.4 is 0 Å². The summed E-state index contributed by atoms with van der Waals surface area (Å²) in [6, 6.07) is 0. The maximum atomic E-state index is 11.8. The van der Waals surface area contributed by atoms with Crippen molar-refractivity contribution in [3.63, 3.8) is 0 Å². The van der Waals surface area contributed by atoms with Crippen molar-refractivity contribution < 1.29 is 9.90 Å². The lowest BCUT2D eigenvalue weighted by atomic mass is 9.51. The normalized spacial score (nSPS) is 56.2. The Labute approximate surface area is 121 Å². The summed E-state index contributed by atoms with van der Waals surface area (Å²) in [5.41, 5.74) is -0.0155. The summed E-state index contributed by atoms with van der Waals surface area (Å²) in [6.45, 7) is 6.77. The van der Waals surface area contributed by atoms with Gasteiger partial charge in [-0.1, -0.05) is 32.4 Å². The van der Waals surface area contributed by atoms with Crippen molar-refractivity contribution in [2.45, 2.75) is 46.5 Å². The van der Waals surface area contributed by atoms with E-state index < -0.39 is 11.4 Å². The molecule has 0 aromatic carbocycles.